The average molecular weight is 142 g/mol. The topological polar surface area (TPSA) is 12.0 Å². The fourth-order valence-corrected chi connectivity index (χ4v) is 0.768. The van der Waals surface area contributed by atoms with Gasteiger partial charge in [0, 0.05) is 6.20 Å². The van der Waals surface area contributed by atoms with Crippen LogP contribution in [0.5, 0.6) is 0 Å². The summed E-state index contributed by atoms with van der Waals surface area (Å²) in [6.07, 6.45) is 3.74. The van der Waals surface area contributed by atoms with Crippen LogP contribution in [0, 0.1) is 6.32 Å². The second-order valence-electron chi connectivity index (χ2n) is 1.55. The number of rotatable bonds is 0. The van der Waals surface area contributed by atoms with Gasteiger partial charge in [-0.05, 0) is 11.1 Å². The molecule has 0 aromatic heterocycles. The van der Waals surface area contributed by atoms with E-state index in [0.29, 0.717) is 0 Å². The smallest absolute Gasteiger partial charge is 0.178 e. The van der Waals surface area contributed by atoms with E-state index in [1.807, 2.05) is 12.5 Å². The van der Waals surface area contributed by atoms with Crippen LogP contribution in [0.15, 0.2) is 11.0 Å². The van der Waals surface area contributed by atoms with Crippen molar-refractivity contribution in [2.45, 2.75) is 0 Å². The highest BCUT2D eigenvalue weighted by Crippen LogP contribution is 2.02. The molecule has 1 radical (unpaired) electrons. The van der Waals surface area contributed by atoms with Crippen LogP contribution < -0.4 is 5.32 Å². The Bertz CT molecular complexity index is 143. The molecule has 0 unspecified atom stereocenters. The lowest BCUT2D eigenvalue weighted by Crippen LogP contribution is -2.23. The Morgan fingerprint density at radius 3 is 2.88 bits per heavy atom. The summed E-state index contributed by atoms with van der Waals surface area (Å²) >= 11 is 8.92. The molecule has 4 heteroatoms. The number of nitrogens with one attached hydrogen (secondary N) is 1. The van der Waals surface area contributed by atoms with E-state index in [9.17, 15) is 0 Å². The summed E-state index contributed by atoms with van der Waals surface area (Å²) in [4.78, 5) is 1.82. The Morgan fingerprint density at radius 2 is 2.50 bits per heavy atom. The molecule has 0 amide bonds. The summed E-state index contributed by atoms with van der Waals surface area (Å²) < 4.78 is 0. The van der Waals surface area contributed by atoms with Gasteiger partial charge in [0.1, 0.15) is 0 Å². The quantitative estimate of drug-likeness (QED) is 0.285. The van der Waals surface area contributed by atoms with Gasteiger partial charge in [0.25, 0.3) is 0 Å². The Kier molecular flexibility index (Phi) is 1.97. The van der Waals surface area contributed by atoms with E-state index in [4.69, 9.17) is 12.2 Å². The van der Waals surface area contributed by atoms with Crippen molar-refractivity contribution < 1.29 is 0 Å². The van der Waals surface area contributed by atoms with Gasteiger partial charge in [0.2, 0.25) is 0 Å². The zero-order valence-corrected chi connectivity index (χ0v) is 5.93. The molecule has 8 heavy (non-hydrogen) atoms. The predicted molar refractivity (Wildman–Crippen MR) is 44.3 cm³/mol. The van der Waals surface area contributed by atoms with Crippen LogP contribution in [0.2, 0.25) is 0 Å². The maximum absolute atomic E-state index is 4.81. The largest absolute Gasteiger partial charge is 0.357 e. The van der Waals surface area contributed by atoms with Gasteiger partial charge in [-0.1, -0.05) is 12.2 Å². The number of thiol groups is 1. The van der Waals surface area contributed by atoms with Crippen molar-refractivity contribution in [2.75, 3.05) is 0 Å². The van der Waals surface area contributed by atoms with Gasteiger partial charge in [-0.2, -0.15) is 12.6 Å². The molecule has 1 aliphatic heterocycles. The Hall–Kier alpha value is 0.0449. The molecule has 1 nitrogen and oxygen atoms in total. The molecule has 1 heterocycles. The van der Waals surface area contributed by atoms with Crippen molar-refractivity contribution in [3.63, 3.8) is 0 Å². The molecule has 1 N–H and O–H groups in total. The molecule has 41 valence electrons. The highest BCUT2D eigenvalue weighted by Gasteiger charge is 2.03. The number of hydrogen-bond acceptors (Lipinski definition) is 2. The van der Waals surface area contributed by atoms with E-state index >= 15 is 0 Å². The standard InChI is InChI=1S/C4H5BNS2/c7-3-2-6-4(8)1-5-3/h1-2,5,7H,(H,6,8). The molecule has 1 aliphatic rings. The highest BCUT2D eigenvalue weighted by molar-refractivity contribution is 7.86. The molecule has 0 saturated carbocycles. The van der Waals surface area contributed by atoms with E-state index in [-0.39, 0.29) is 0 Å². The van der Waals surface area contributed by atoms with Crippen molar-refractivity contribution in [3.05, 3.63) is 17.3 Å². The van der Waals surface area contributed by atoms with E-state index in [0.717, 1.165) is 17.1 Å². The molecular weight excluding hydrogens is 137 g/mol. The van der Waals surface area contributed by atoms with E-state index in [1.165, 1.54) is 0 Å². The summed E-state index contributed by atoms with van der Waals surface area (Å²) in [6, 6.07) is 0. The first-order chi connectivity index (χ1) is 3.79. The molecule has 0 aromatic rings. The minimum atomic E-state index is 0.794. The summed E-state index contributed by atoms with van der Waals surface area (Å²) in [5.74, 6) is 0. The maximum Gasteiger partial charge on any atom is 0.178 e. The lowest BCUT2D eigenvalue weighted by Gasteiger charge is -2.08. The molecule has 0 aromatic carbocycles. The van der Waals surface area contributed by atoms with Crippen molar-refractivity contribution in [1.82, 2.24) is 5.32 Å². The van der Waals surface area contributed by atoms with Gasteiger partial charge in [0.15, 0.2) is 7.28 Å². The minimum absolute atomic E-state index is 0.794. The molecule has 0 atom stereocenters. The lowest BCUT2D eigenvalue weighted by atomic mass is 9.73. The first-order valence-corrected chi connectivity index (χ1v) is 3.16. The normalized spacial score (nSPS) is 18.6. The zero-order chi connectivity index (χ0) is 5.98. The van der Waals surface area contributed by atoms with Gasteiger partial charge in [-0.15, -0.1) is 0 Å². The summed E-state index contributed by atoms with van der Waals surface area (Å²) in [5.41, 5.74) is 0. The van der Waals surface area contributed by atoms with Crippen LogP contribution in [0.25, 0.3) is 0 Å². The Morgan fingerprint density at radius 1 is 1.75 bits per heavy atom. The predicted octanol–water partition coefficient (Wildman–Crippen LogP) is 0.244. The first kappa shape index (κ1) is 6.17. The third-order valence-electron chi connectivity index (χ3n) is 0.878. The third kappa shape index (κ3) is 1.52. The highest BCUT2D eigenvalue weighted by atomic mass is 32.1. The van der Waals surface area contributed by atoms with E-state index < -0.39 is 0 Å². The second kappa shape index (κ2) is 2.55. The van der Waals surface area contributed by atoms with Crippen molar-refractivity contribution in [3.8, 4) is 0 Å². The van der Waals surface area contributed by atoms with Crippen molar-refractivity contribution in [1.29, 1.82) is 0 Å². The number of thiocarbonyl (C=S) groups is 1. The SMILES string of the molecule is S=C1[CH]BC(S)=CN1. The summed E-state index contributed by atoms with van der Waals surface area (Å²) in [6.45, 7) is 0. The third-order valence-corrected chi connectivity index (χ3v) is 1.47. The average Bonchev–Trinajstić information content (AvgIpc) is 1.77. The van der Waals surface area contributed by atoms with Crippen molar-refractivity contribution in [2.24, 2.45) is 0 Å². The molecule has 0 spiro atoms. The summed E-state index contributed by atoms with van der Waals surface area (Å²) in [5, 5.41) is 2.87. The van der Waals surface area contributed by atoms with Crippen LogP contribution in [-0.4, -0.2) is 12.3 Å². The lowest BCUT2D eigenvalue weighted by molar-refractivity contribution is 1.31. The van der Waals surface area contributed by atoms with Crippen LogP contribution >= 0.6 is 24.8 Å². The van der Waals surface area contributed by atoms with Crippen LogP contribution in [0.3, 0.4) is 0 Å². The summed E-state index contributed by atoms with van der Waals surface area (Å²) in [7, 11) is 0.870. The van der Waals surface area contributed by atoms with Gasteiger partial charge in [0.05, 0.1) is 4.99 Å². The van der Waals surface area contributed by atoms with Crippen LogP contribution in [-0.2, 0) is 0 Å². The van der Waals surface area contributed by atoms with E-state index in [2.05, 4.69) is 17.9 Å². The monoisotopic (exact) mass is 142 g/mol. The molecule has 0 fully saturated rings. The van der Waals surface area contributed by atoms with Gasteiger partial charge in [-0.3, -0.25) is 0 Å². The molecule has 1 rings (SSSR count). The Balaban J connectivity index is 2.55. The molecule has 0 saturated heterocycles. The fourth-order valence-electron chi connectivity index (χ4n) is 0.470. The first-order valence-electron chi connectivity index (χ1n) is 2.31. The molecular formula is C4H5BNS2. The maximum atomic E-state index is 4.81. The molecule has 0 aliphatic carbocycles. The Labute approximate surface area is 60.2 Å². The van der Waals surface area contributed by atoms with Crippen LogP contribution in [0.4, 0.5) is 0 Å². The fraction of sp³-hybridized carbons (Fsp3) is 0. The van der Waals surface area contributed by atoms with Crippen molar-refractivity contribution >= 4 is 37.1 Å². The van der Waals surface area contributed by atoms with E-state index in [1.54, 1.807) is 0 Å². The zero-order valence-electron chi connectivity index (χ0n) is 4.22. The van der Waals surface area contributed by atoms with Crippen LogP contribution in [0.1, 0.15) is 0 Å². The van der Waals surface area contributed by atoms with Gasteiger partial charge in [-0.25, -0.2) is 0 Å². The van der Waals surface area contributed by atoms with Gasteiger partial charge < -0.3 is 5.32 Å². The van der Waals surface area contributed by atoms with Gasteiger partial charge >= 0.3 is 0 Å². The number of hydrogen-bond donors (Lipinski definition) is 2. The second-order valence-corrected chi connectivity index (χ2v) is 2.57. The minimum Gasteiger partial charge on any atom is -0.357 e. The molecule has 0 bridgehead atoms.